The van der Waals surface area contributed by atoms with Crippen LogP contribution >= 0.6 is 0 Å². The van der Waals surface area contributed by atoms with Crippen molar-refractivity contribution in [1.29, 1.82) is 0 Å². The Morgan fingerprint density at radius 2 is 1.92 bits per heavy atom. The molecule has 3 fully saturated rings. The summed E-state index contributed by atoms with van der Waals surface area (Å²) in [4.78, 5) is 12.7. The molecule has 5 nitrogen and oxygen atoms in total. The molecule has 2 bridgehead atoms. The second kappa shape index (κ2) is 6.95. The minimum Gasteiger partial charge on any atom is -0.461 e. The van der Waals surface area contributed by atoms with Gasteiger partial charge >= 0.3 is 5.97 Å². The number of carbonyl (C=O) groups excluding carboxylic acids is 1. The number of epoxide rings is 1. The van der Waals surface area contributed by atoms with Crippen molar-refractivity contribution in [2.45, 2.75) is 68.9 Å². The number of nitrogens with zero attached hydrogens (tertiary/aromatic N) is 1. The van der Waals surface area contributed by atoms with Crippen LogP contribution in [0.1, 0.15) is 44.1 Å². The molecule has 0 radical (unpaired) electrons. The minimum atomic E-state index is -0.595. The van der Waals surface area contributed by atoms with E-state index in [9.17, 15) is 9.90 Å². The maximum atomic E-state index is 12.7. The predicted octanol–water partition coefficient (Wildman–Crippen LogP) is 2.23. The molecule has 0 aromatic heterocycles. The topological polar surface area (TPSA) is 59.1 Å². The smallest absolute Gasteiger partial charge is 0.316 e. The van der Waals surface area contributed by atoms with E-state index in [4.69, 9.17) is 9.47 Å². The average molecular weight is 360 g/mol. The molecule has 0 aliphatic carbocycles. The highest BCUT2D eigenvalue weighted by molar-refractivity contribution is 5.78. The Labute approximate surface area is 155 Å². The van der Waals surface area contributed by atoms with Crippen LogP contribution in [0.4, 0.5) is 0 Å². The Bertz CT molecular complexity index is 631. The second-order valence-electron chi connectivity index (χ2n) is 8.30. The highest BCUT2D eigenvalue weighted by Crippen LogP contribution is 2.52. The molecule has 26 heavy (non-hydrogen) atoms. The Hall–Kier alpha value is -1.43. The van der Waals surface area contributed by atoms with E-state index in [1.54, 1.807) is 0 Å². The van der Waals surface area contributed by atoms with Crippen molar-refractivity contribution in [3.8, 4) is 0 Å². The first-order valence-corrected chi connectivity index (χ1v) is 9.95. The average Bonchev–Trinajstić information content (AvgIpc) is 3.40. The van der Waals surface area contributed by atoms with Crippen LogP contribution in [0.15, 0.2) is 30.3 Å². The van der Waals surface area contributed by atoms with Crippen LogP contribution in [0.2, 0.25) is 0 Å². The van der Waals surface area contributed by atoms with E-state index in [2.05, 4.69) is 14.0 Å². The van der Waals surface area contributed by atoms with Gasteiger partial charge in [-0.15, -0.1) is 0 Å². The fraction of sp³-hybridized carbons (Fsp3) is 0.667. The molecule has 3 heterocycles. The monoisotopic (exact) mass is 360 g/mol. The zero-order valence-electron chi connectivity index (χ0n) is 15.7. The number of piperidine rings is 1. The number of likely N-dealkylation sites (N-methyl/N-ethyl adjacent to an activating group) is 1. The number of carbonyl (C=O) groups is 1. The second-order valence-corrected chi connectivity index (χ2v) is 8.30. The zero-order valence-corrected chi connectivity index (χ0v) is 15.7. The minimum absolute atomic E-state index is 0.0560. The number of esters is 1. The number of aliphatic hydroxyl groups excluding tert-OH is 1. The number of benzene rings is 1. The highest BCUT2D eigenvalue weighted by Gasteiger charge is 2.71. The zero-order chi connectivity index (χ0) is 18.3. The van der Waals surface area contributed by atoms with Crippen molar-refractivity contribution in [1.82, 2.24) is 0 Å². The maximum Gasteiger partial charge on any atom is 0.316 e. The number of aliphatic hydroxyl groups is 1. The highest BCUT2D eigenvalue weighted by atomic mass is 16.6. The fourth-order valence-corrected chi connectivity index (χ4v) is 5.23. The van der Waals surface area contributed by atoms with Gasteiger partial charge in [-0.05, 0) is 12.0 Å². The van der Waals surface area contributed by atoms with Gasteiger partial charge in [0.25, 0.3) is 0 Å². The number of fused-ring (bicyclic) bond motifs is 5. The normalized spacial score (nSPS) is 38.5. The van der Waals surface area contributed by atoms with Crippen molar-refractivity contribution in [2.75, 3.05) is 20.2 Å². The lowest BCUT2D eigenvalue weighted by molar-refractivity contribution is -0.956. The van der Waals surface area contributed by atoms with Crippen molar-refractivity contribution in [2.24, 2.45) is 0 Å². The first-order chi connectivity index (χ1) is 12.6. The van der Waals surface area contributed by atoms with E-state index in [-0.39, 0.29) is 18.7 Å². The lowest BCUT2D eigenvalue weighted by Crippen LogP contribution is -2.62. The number of hydrogen-bond acceptors (Lipinski definition) is 4. The van der Waals surface area contributed by atoms with Crippen molar-refractivity contribution < 1.29 is 23.9 Å². The number of ether oxygens (including phenoxy) is 2. The summed E-state index contributed by atoms with van der Waals surface area (Å²) in [6.45, 7) is 3.20. The Morgan fingerprint density at radius 3 is 2.50 bits per heavy atom. The summed E-state index contributed by atoms with van der Waals surface area (Å²) in [7, 11) is 2.36. The molecule has 1 aromatic rings. The molecule has 0 spiro atoms. The molecule has 5 heteroatoms. The van der Waals surface area contributed by atoms with Crippen LogP contribution in [-0.2, 0) is 14.3 Å². The van der Waals surface area contributed by atoms with Crippen LogP contribution in [0.3, 0.4) is 0 Å². The van der Waals surface area contributed by atoms with Crippen molar-refractivity contribution in [3.05, 3.63) is 35.9 Å². The summed E-state index contributed by atoms with van der Waals surface area (Å²) in [6, 6.07) is 10.3. The van der Waals surface area contributed by atoms with Gasteiger partial charge in [-0.25, -0.2) is 0 Å². The lowest BCUT2D eigenvalue weighted by Gasteiger charge is -2.48. The van der Waals surface area contributed by atoms with Crippen LogP contribution < -0.4 is 0 Å². The van der Waals surface area contributed by atoms with Crippen LogP contribution in [0.25, 0.3) is 0 Å². The summed E-state index contributed by atoms with van der Waals surface area (Å²) in [5.41, 5.74) is 0.813. The summed E-state index contributed by atoms with van der Waals surface area (Å²) >= 11 is 0. The third kappa shape index (κ3) is 2.96. The van der Waals surface area contributed by atoms with Gasteiger partial charge in [-0.1, -0.05) is 43.7 Å². The summed E-state index contributed by atoms with van der Waals surface area (Å²) in [6.07, 6.45) is 4.83. The van der Waals surface area contributed by atoms with E-state index >= 15 is 0 Å². The molecule has 0 amide bonds. The van der Waals surface area contributed by atoms with Gasteiger partial charge < -0.3 is 19.1 Å². The van der Waals surface area contributed by atoms with E-state index in [0.29, 0.717) is 24.3 Å². The first-order valence-electron chi connectivity index (χ1n) is 9.95. The molecule has 1 N–H and O–H groups in total. The van der Waals surface area contributed by atoms with Crippen molar-refractivity contribution >= 4 is 5.97 Å². The number of hydrogen-bond donors (Lipinski definition) is 1. The number of quaternary nitrogens is 1. The number of morpholine rings is 1. The number of unbranched alkanes of at least 4 members (excludes halogenated alkanes) is 1. The summed E-state index contributed by atoms with van der Waals surface area (Å²) in [5, 5.41) is 9.70. The molecule has 3 saturated heterocycles. The molecule has 5 atom stereocenters. The number of rotatable bonds is 7. The summed E-state index contributed by atoms with van der Waals surface area (Å²) < 4.78 is 12.9. The Balaban J connectivity index is 1.42. The molecule has 3 aliphatic heterocycles. The maximum absolute atomic E-state index is 12.7. The quantitative estimate of drug-likeness (QED) is 0.460. The lowest BCUT2D eigenvalue weighted by atomic mass is 9.94. The van der Waals surface area contributed by atoms with Gasteiger partial charge in [0.2, 0.25) is 0 Å². The van der Waals surface area contributed by atoms with E-state index in [0.717, 1.165) is 22.9 Å². The SMILES string of the molecule is CCCC[N+]1(C)[C@@H]2CC(OC(=O)[C@H](CO)c3ccccc3)C[C@@H]1[C@@H]1O[C@H]12. The molecule has 1 aromatic carbocycles. The van der Waals surface area contributed by atoms with Gasteiger partial charge in [0.15, 0.2) is 0 Å². The largest absolute Gasteiger partial charge is 0.461 e. The molecule has 3 aliphatic rings. The standard InChI is InChI=1S/C21H30NO4/c1-3-4-10-22(2)17-11-15(12-18(22)20-19(17)26-20)25-21(24)16(13-23)14-8-6-5-7-9-14/h5-9,15-20,23H,3-4,10-13H2,1-2H3/q+1/t15?,16-,17-,18-,19+,20+,22?/m1/s1. The van der Waals surface area contributed by atoms with Crippen LogP contribution in [0.5, 0.6) is 0 Å². The van der Waals surface area contributed by atoms with Gasteiger partial charge in [-0.3, -0.25) is 4.79 Å². The first kappa shape index (κ1) is 18.0. The fourth-order valence-electron chi connectivity index (χ4n) is 5.23. The molecule has 0 unspecified atom stereocenters. The van der Waals surface area contributed by atoms with Crippen molar-refractivity contribution in [3.63, 3.8) is 0 Å². The van der Waals surface area contributed by atoms with Crippen LogP contribution in [0, 0.1) is 0 Å². The Morgan fingerprint density at radius 1 is 1.27 bits per heavy atom. The molecular formula is C21H30NO4+. The third-order valence-electron chi connectivity index (χ3n) is 6.79. The van der Waals surface area contributed by atoms with E-state index in [1.165, 1.54) is 19.4 Å². The third-order valence-corrected chi connectivity index (χ3v) is 6.79. The van der Waals surface area contributed by atoms with E-state index in [1.807, 2.05) is 30.3 Å². The van der Waals surface area contributed by atoms with E-state index < -0.39 is 5.92 Å². The van der Waals surface area contributed by atoms with Gasteiger partial charge in [0.05, 0.1) is 20.2 Å². The van der Waals surface area contributed by atoms with Gasteiger partial charge in [0, 0.05) is 12.8 Å². The Kier molecular flexibility index (Phi) is 4.80. The molecule has 4 rings (SSSR count). The van der Waals surface area contributed by atoms with Gasteiger partial charge in [0.1, 0.15) is 36.3 Å². The predicted molar refractivity (Wildman–Crippen MR) is 97.6 cm³/mol. The molecule has 142 valence electrons. The van der Waals surface area contributed by atoms with Gasteiger partial charge in [-0.2, -0.15) is 0 Å². The molecular weight excluding hydrogens is 330 g/mol. The van der Waals surface area contributed by atoms with Crippen LogP contribution in [-0.4, -0.2) is 66.2 Å². The molecule has 0 saturated carbocycles. The summed E-state index contributed by atoms with van der Waals surface area (Å²) in [5.74, 6) is -0.898.